The first-order valence-electron chi connectivity index (χ1n) is 16.1. The Kier molecular flexibility index (Phi) is 8.46. The zero-order valence-electron chi connectivity index (χ0n) is 26.7. The second-order valence-electron chi connectivity index (χ2n) is 11.4. The molecule has 8 nitrogen and oxygen atoms in total. The zero-order chi connectivity index (χ0) is 33.5. The van der Waals surface area contributed by atoms with E-state index < -0.39 is 0 Å². The van der Waals surface area contributed by atoms with Gasteiger partial charge in [-0.3, -0.25) is 29.9 Å². The number of azo groups is 1. The molecule has 0 N–H and O–H groups in total. The molecule has 236 valence electrons. The lowest BCUT2D eigenvalue weighted by atomic mass is 9.97. The molecule has 0 unspecified atom stereocenters. The minimum Gasteiger partial charge on any atom is -0.256 e. The van der Waals surface area contributed by atoms with E-state index in [1.54, 1.807) is 24.8 Å². The van der Waals surface area contributed by atoms with Crippen LogP contribution in [0.2, 0.25) is 0 Å². The minimum absolute atomic E-state index is 0.739. The second-order valence-corrected chi connectivity index (χ2v) is 11.4. The van der Waals surface area contributed by atoms with E-state index in [0.29, 0.717) is 0 Å². The minimum atomic E-state index is 0.739. The number of hydrogen-bond donors (Lipinski definition) is 0. The van der Waals surface area contributed by atoms with Gasteiger partial charge < -0.3 is 0 Å². The molecule has 6 aromatic heterocycles. The summed E-state index contributed by atoms with van der Waals surface area (Å²) in [4.78, 5) is 27.6. The summed E-state index contributed by atoms with van der Waals surface area (Å²) < 4.78 is 0. The molecule has 0 atom stereocenters. The van der Waals surface area contributed by atoms with Crippen LogP contribution in [0.4, 0.5) is 11.4 Å². The molecule has 0 spiro atoms. The molecule has 8 aromatic rings. The van der Waals surface area contributed by atoms with Gasteiger partial charge in [0.15, 0.2) is 0 Å². The summed E-state index contributed by atoms with van der Waals surface area (Å²) in [6, 6.07) is 43.5. The highest BCUT2D eigenvalue weighted by atomic mass is 15.1. The van der Waals surface area contributed by atoms with E-state index in [1.807, 2.05) is 134 Å². The van der Waals surface area contributed by atoms with Crippen LogP contribution in [0.1, 0.15) is 0 Å². The molecule has 8 rings (SSSR count). The van der Waals surface area contributed by atoms with Crippen molar-refractivity contribution in [1.82, 2.24) is 29.9 Å². The fraction of sp³-hybridized carbons (Fsp3) is 0. The maximum atomic E-state index is 4.71. The van der Waals surface area contributed by atoms with Crippen molar-refractivity contribution in [2.75, 3.05) is 0 Å². The van der Waals surface area contributed by atoms with Gasteiger partial charge in [0.05, 0.1) is 45.5 Å². The molecule has 0 saturated heterocycles. The predicted molar refractivity (Wildman–Crippen MR) is 196 cm³/mol. The van der Waals surface area contributed by atoms with Gasteiger partial charge in [-0.25, -0.2) is 0 Å². The van der Waals surface area contributed by atoms with Crippen LogP contribution in [0.3, 0.4) is 0 Å². The van der Waals surface area contributed by atoms with E-state index in [4.69, 9.17) is 9.97 Å². The normalized spacial score (nSPS) is 11.1. The van der Waals surface area contributed by atoms with Crippen LogP contribution in [-0.4, -0.2) is 29.9 Å². The lowest BCUT2D eigenvalue weighted by Crippen LogP contribution is -1.93. The highest BCUT2D eigenvalue weighted by molar-refractivity contribution is 5.85. The molecule has 0 amide bonds. The Morgan fingerprint density at radius 2 is 0.660 bits per heavy atom. The lowest BCUT2D eigenvalue weighted by molar-refractivity contribution is 1.23. The number of benzene rings is 2. The van der Waals surface area contributed by atoms with Crippen molar-refractivity contribution in [1.29, 1.82) is 0 Å². The Morgan fingerprint density at radius 3 is 1.00 bits per heavy atom. The largest absolute Gasteiger partial charge is 0.256 e. The van der Waals surface area contributed by atoms with Crippen molar-refractivity contribution in [3.05, 3.63) is 171 Å². The summed E-state index contributed by atoms with van der Waals surface area (Å²) in [5.41, 5.74) is 12.3. The van der Waals surface area contributed by atoms with Crippen molar-refractivity contribution >= 4 is 11.4 Å². The first-order valence-corrected chi connectivity index (χ1v) is 16.1. The molecule has 8 heteroatoms. The second kappa shape index (κ2) is 14.0. The molecular weight excluding hydrogens is 617 g/mol. The van der Waals surface area contributed by atoms with E-state index in [-0.39, 0.29) is 0 Å². The van der Waals surface area contributed by atoms with Gasteiger partial charge in [-0.2, -0.15) is 10.2 Å². The molecule has 50 heavy (non-hydrogen) atoms. The Hall–Kier alpha value is -7.06. The molecule has 0 bridgehead atoms. The summed E-state index contributed by atoms with van der Waals surface area (Å²) in [6.45, 7) is 0. The summed E-state index contributed by atoms with van der Waals surface area (Å²) in [6.07, 6.45) is 10.9. The Bertz CT molecular complexity index is 2210. The molecule has 0 aliphatic heterocycles. The standard InChI is InChI=1S/C42H28N8/c1-5-21-43-37(9-1)35-27-47-41(39-11-3-7-23-45-39)25-33(35)29-13-17-31(18-14-29)49-50-32-19-15-30(16-20-32)34-26-42(40-12-4-8-24-46-40)48-28-36(34)38-10-2-6-22-44-38/h1-28H. The topological polar surface area (TPSA) is 102 Å². The third-order valence-corrected chi connectivity index (χ3v) is 8.18. The molecule has 0 aliphatic rings. The SMILES string of the molecule is c1ccc(-c2cc(-c3ccc(N=Nc4ccc(-c5cc(-c6ccccn6)ncc5-c5ccccn5)cc4)cc3)c(-c3ccccn3)cn2)nc1. The van der Waals surface area contributed by atoms with Gasteiger partial charge in [-0.1, -0.05) is 48.5 Å². The van der Waals surface area contributed by atoms with Gasteiger partial charge >= 0.3 is 0 Å². The van der Waals surface area contributed by atoms with Crippen LogP contribution in [0.15, 0.2) is 181 Å². The number of nitrogens with zero attached hydrogens (tertiary/aromatic N) is 8. The molecule has 0 saturated carbocycles. The van der Waals surface area contributed by atoms with Crippen molar-refractivity contribution in [2.24, 2.45) is 10.2 Å². The number of hydrogen-bond acceptors (Lipinski definition) is 8. The van der Waals surface area contributed by atoms with Gasteiger partial charge in [-0.15, -0.1) is 0 Å². The summed E-state index contributed by atoms with van der Waals surface area (Å²) in [5.74, 6) is 0. The number of pyridine rings is 6. The van der Waals surface area contributed by atoms with E-state index >= 15 is 0 Å². The van der Waals surface area contributed by atoms with E-state index in [9.17, 15) is 0 Å². The quantitative estimate of drug-likeness (QED) is 0.153. The fourth-order valence-electron chi connectivity index (χ4n) is 5.68. The number of aromatic nitrogens is 6. The van der Waals surface area contributed by atoms with Crippen LogP contribution in [0.5, 0.6) is 0 Å². The van der Waals surface area contributed by atoms with Gasteiger partial charge in [-0.05, 0) is 107 Å². The predicted octanol–water partition coefficient (Wildman–Crippen LogP) is 10.5. The first kappa shape index (κ1) is 30.3. The summed E-state index contributed by atoms with van der Waals surface area (Å²) in [5, 5.41) is 9.08. The highest BCUT2D eigenvalue weighted by Gasteiger charge is 2.14. The molecule has 6 heterocycles. The molecule has 0 fully saturated rings. The van der Waals surface area contributed by atoms with Crippen LogP contribution < -0.4 is 0 Å². The fourth-order valence-corrected chi connectivity index (χ4v) is 5.68. The highest BCUT2D eigenvalue weighted by Crippen LogP contribution is 2.36. The Balaban J connectivity index is 1.07. The van der Waals surface area contributed by atoms with Gasteiger partial charge in [0, 0.05) is 48.3 Å². The summed E-state index contributed by atoms with van der Waals surface area (Å²) >= 11 is 0. The maximum absolute atomic E-state index is 4.71. The van der Waals surface area contributed by atoms with E-state index in [0.717, 1.165) is 78.9 Å². The summed E-state index contributed by atoms with van der Waals surface area (Å²) in [7, 11) is 0. The van der Waals surface area contributed by atoms with Crippen molar-refractivity contribution in [3.8, 4) is 67.5 Å². The van der Waals surface area contributed by atoms with Crippen LogP contribution in [0, 0.1) is 0 Å². The molecule has 2 aromatic carbocycles. The monoisotopic (exact) mass is 644 g/mol. The average molecular weight is 645 g/mol. The molecule has 0 aliphatic carbocycles. The molecule has 0 radical (unpaired) electrons. The Morgan fingerprint density at radius 1 is 0.300 bits per heavy atom. The third kappa shape index (κ3) is 6.54. The Labute approximate surface area is 289 Å². The number of rotatable bonds is 8. The molecular formula is C42H28N8. The van der Waals surface area contributed by atoms with Crippen LogP contribution in [0.25, 0.3) is 67.5 Å². The van der Waals surface area contributed by atoms with Crippen molar-refractivity contribution in [2.45, 2.75) is 0 Å². The third-order valence-electron chi connectivity index (χ3n) is 8.18. The lowest BCUT2D eigenvalue weighted by Gasteiger charge is -2.12. The maximum Gasteiger partial charge on any atom is 0.0892 e. The van der Waals surface area contributed by atoms with Crippen molar-refractivity contribution in [3.63, 3.8) is 0 Å². The van der Waals surface area contributed by atoms with Gasteiger partial charge in [0.1, 0.15) is 0 Å². The van der Waals surface area contributed by atoms with Crippen LogP contribution in [-0.2, 0) is 0 Å². The van der Waals surface area contributed by atoms with E-state index in [1.165, 1.54) is 0 Å². The smallest absolute Gasteiger partial charge is 0.0892 e. The van der Waals surface area contributed by atoms with Gasteiger partial charge in [0.25, 0.3) is 0 Å². The average Bonchev–Trinajstić information content (AvgIpc) is 3.21. The van der Waals surface area contributed by atoms with Crippen molar-refractivity contribution < 1.29 is 0 Å². The van der Waals surface area contributed by atoms with E-state index in [2.05, 4.69) is 42.3 Å². The zero-order valence-corrected chi connectivity index (χ0v) is 26.7. The van der Waals surface area contributed by atoms with Crippen LogP contribution >= 0.6 is 0 Å². The van der Waals surface area contributed by atoms with Gasteiger partial charge in [0.2, 0.25) is 0 Å². The first-order chi connectivity index (χ1) is 24.8.